The average Bonchev–Trinajstić information content (AvgIpc) is 2.61. The third-order valence-corrected chi connectivity index (χ3v) is 3.55. The topological polar surface area (TPSA) is 29.5 Å². The lowest BCUT2D eigenvalue weighted by Gasteiger charge is -2.20. The number of aliphatic hydroxyl groups is 1. The molecule has 1 atom stereocenters. The second-order valence-corrected chi connectivity index (χ2v) is 5.39. The van der Waals surface area contributed by atoms with Crippen LogP contribution < -0.4 is 4.74 Å². The first kappa shape index (κ1) is 22.8. The van der Waals surface area contributed by atoms with E-state index < -0.39 is 36.2 Å². The molecule has 2 rings (SSSR count). The fraction of sp³-hybridized carbons (Fsp3) is 0.368. The Morgan fingerprint density at radius 3 is 1.74 bits per heavy atom. The van der Waals surface area contributed by atoms with Crippen molar-refractivity contribution in [1.29, 1.82) is 0 Å². The highest BCUT2D eigenvalue weighted by atomic mass is 19.4. The van der Waals surface area contributed by atoms with Gasteiger partial charge in [-0.2, -0.15) is 26.3 Å². The predicted octanol–water partition coefficient (Wildman–Crippen LogP) is 6.17. The van der Waals surface area contributed by atoms with Gasteiger partial charge in [0.25, 0.3) is 0 Å². The van der Waals surface area contributed by atoms with Crippen molar-refractivity contribution in [2.75, 3.05) is 6.61 Å². The maximum atomic E-state index is 12.7. The van der Waals surface area contributed by atoms with Crippen LogP contribution in [0, 0.1) is 6.92 Å². The van der Waals surface area contributed by atoms with Crippen molar-refractivity contribution < 1.29 is 36.2 Å². The number of benzene rings is 2. The first-order valence-electron chi connectivity index (χ1n) is 8.15. The van der Waals surface area contributed by atoms with Gasteiger partial charge in [0.05, 0.1) is 17.7 Å². The summed E-state index contributed by atoms with van der Waals surface area (Å²) in [5, 5.41) is 9.42. The Bertz CT molecular complexity index is 720. The van der Waals surface area contributed by atoms with Crippen LogP contribution in [0.3, 0.4) is 0 Å². The zero-order chi connectivity index (χ0) is 20.8. The van der Waals surface area contributed by atoms with Crippen LogP contribution in [-0.4, -0.2) is 11.7 Å². The van der Waals surface area contributed by atoms with Gasteiger partial charge in [-0.05, 0) is 48.4 Å². The van der Waals surface area contributed by atoms with Gasteiger partial charge in [0.2, 0.25) is 0 Å². The summed E-state index contributed by atoms with van der Waals surface area (Å²) in [4.78, 5) is 0. The molecule has 2 aromatic carbocycles. The molecule has 1 N–H and O–H groups in total. The average molecular weight is 394 g/mol. The first-order chi connectivity index (χ1) is 12.5. The number of hydrogen-bond donors (Lipinski definition) is 1. The number of alkyl halides is 6. The van der Waals surface area contributed by atoms with Gasteiger partial charge in [-0.15, -0.1) is 0 Å². The van der Waals surface area contributed by atoms with Gasteiger partial charge in [-0.3, -0.25) is 0 Å². The van der Waals surface area contributed by atoms with Crippen molar-refractivity contribution in [3.63, 3.8) is 0 Å². The SMILES string of the molecule is CC.Cc1cc(C(F)(F)F)ccc1OC(CO)c1ccc(C(F)(F)F)cc1. The number of hydrogen-bond acceptors (Lipinski definition) is 2. The molecule has 0 amide bonds. The molecule has 0 fully saturated rings. The van der Waals surface area contributed by atoms with E-state index in [1.165, 1.54) is 6.92 Å². The molecule has 0 aliphatic rings. The van der Waals surface area contributed by atoms with E-state index in [1.54, 1.807) is 0 Å². The fourth-order valence-corrected chi connectivity index (χ4v) is 2.21. The molecule has 8 heteroatoms. The van der Waals surface area contributed by atoms with Crippen LogP contribution in [0.4, 0.5) is 26.3 Å². The lowest BCUT2D eigenvalue weighted by Crippen LogP contribution is -2.14. The third kappa shape index (κ3) is 6.16. The van der Waals surface area contributed by atoms with Crippen molar-refractivity contribution in [3.8, 4) is 5.75 Å². The highest BCUT2D eigenvalue weighted by Gasteiger charge is 2.31. The summed E-state index contributed by atoms with van der Waals surface area (Å²) < 4.78 is 81.1. The van der Waals surface area contributed by atoms with E-state index in [-0.39, 0.29) is 16.9 Å². The summed E-state index contributed by atoms with van der Waals surface area (Å²) in [7, 11) is 0. The second-order valence-electron chi connectivity index (χ2n) is 5.39. The molecule has 0 spiro atoms. The molecule has 150 valence electrons. The van der Waals surface area contributed by atoms with E-state index in [9.17, 15) is 31.4 Å². The van der Waals surface area contributed by atoms with Crippen LogP contribution in [0.5, 0.6) is 5.75 Å². The van der Waals surface area contributed by atoms with Crippen molar-refractivity contribution in [2.24, 2.45) is 0 Å². The van der Waals surface area contributed by atoms with Crippen molar-refractivity contribution >= 4 is 0 Å². The van der Waals surface area contributed by atoms with Crippen molar-refractivity contribution in [3.05, 3.63) is 64.7 Å². The van der Waals surface area contributed by atoms with Gasteiger partial charge in [0.1, 0.15) is 11.9 Å². The number of aryl methyl sites for hydroxylation is 1. The molecular formula is C19H20F6O2. The Labute approximate surface area is 153 Å². The maximum absolute atomic E-state index is 12.7. The van der Waals surface area contributed by atoms with Gasteiger partial charge in [0, 0.05) is 0 Å². The molecule has 0 radical (unpaired) electrons. The van der Waals surface area contributed by atoms with Gasteiger partial charge >= 0.3 is 12.4 Å². The second kappa shape index (κ2) is 9.12. The summed E-state index contributed by atoms with van der Waals surface area (Å²) in [6, 6.07) is 6.86. The predicted molar refractivity (Wildman–Crippen MR) is 89.4 cm³/mol. The van der Waals surface area contributed by atoms with Crippen molar-refractivity contribution in [1.82, 2.24) is 0 Å². The van der Waals surface area contributed by atoms with Gasteiger partial charge in [-0.1, -0.05) is 26.0 Å². The van der Waals surface area contributed by atoms with Crippen LogP contribution in [0.2, 0.25) is 0 Å². The largest absolute Gasteiger partial charge is 0.483 e. The molecule has 0 saturated carbocycles. The van der Waals surface area contributed by atoms with Crippen LogP contribution in [0.25, 0.3) is 0 Å². The molecule has 27 heavy (non-hydrogen) atoms. The lowest BCUT2D eigenvalue weighted by molar-refractivity contribution is -0.138. The highest BCUT2D eigenvalue weighted by molar-refractivity contribution is 5.38. The van der Waals surface area contributed by atoms with E-state index in [0.29, 0.717) is 0 Å². The van der Waals surface area contributed by atoms with E-state index in [0.717, 1.165) is 42.5 Å². The number of aliphatic hydroxyl groups excluding tert-OH is 1. The van der Waals surface area contributed by atoms with Gasteiger partial charge < -0.3 is 9.84 Å². The Hall–Kier alpha value is -2.22. The summed E-state index contributed by atoms with van der Waals surface area (Å²) in [5.41, 5.74) is -1.22. The van der Waals surface area contributed by atoms with Crippen LogP contribution in [-0.2, 0) is 12.4 Å². The Kier molecular flexibility index (Phi) is 7.71. The summed E-state index contributed by atoms with van der Waals surface area (Å²) in [5.74, 6) is 0.104. The lowest BCUT2D eigenvalue weighted by atomic mass is 10.1. The van der Waals surface area contributed by atoms with E-state index in [1.807, 2.05) is 13.8 Å². The third-order valence-electron chi connectivity index (χ3n) is 3.55. The number of rotatable bonds is 4. The van der Waals surface area contributed by atoms with Crippen LogP contribution in [0.1, 0.15) is 42.2 Å². The first-order valence-corrected chi connectivity index (χ1v) is 8.15. The number of halogens is 6. The summed E-state index contributed by atoms with van der Waals surface area (Å²) in [6.07, 6.45) is -9.98. The molecule has 2 nitrogen and oxygen atoms in total. The molecule has 0 aliphatic carbocycles. The summed E-state index contributed by atoms with van der Waals surface area (Å²) >= 11 is 0. The van der Waals surface area contributed by atoms with E-state index in [2.05, 4.69) is 0 Å². The molecule has 0 aliphatic heterocycles. The molecule has 0 saturated heterocycles. The monoisotopic (exact) mass is 394 g/mol. The Morgan fingerprint density at radius 2 is 1.33 bits per heavy atom. The fourth-order valence-electron chi connectivity index (χ4n) is 2.21. The quantitative estimate of drug-likeness (QED) is 0.629. The molecule has 1 unspecified atom stereocenters. The minimum absolute atomic E-state index is 0.104. The highest BCUT2D eigenvalue weighted by Crippen LogP contribution is 2.34. The standard InChI is InChI=1S/C17H14F6O2.C2H6/c1-10-8-13(17(21,22)23)6-7-14(10)25-15(9-24)11-2-4-12(5-3-11)16(18,19)20;1-2/h2-8,15,24H,9H2,1H3;1-2H3. The maximum Gasteiger partial charge on any atom is 0.416 e. The zero-order valence-electron chi connectivity index (χ0n) is 14.9. The van der Waals surface area contributed by atoms with Gasteiger partial charge in [0.15, 0.2) is 0 Å². The Balaban J connectivity index is 0.00000176. The Morgan fingerprint density at radius 1 is 0.852 bits per heavy atom. The van der Waals surface area contributed by atoms with E-state index >= 15 is 0 Å². The minimum atomic E-state index is -4.49. The molecule has 0 heterocycles. The van der Waals surface area contributed by atoms with E-state index in [4.69, 9.17) is 4.74 Å². The molecule has 0 bridgehead atoms. The minimum Gasteiger partial charge on any atom is -0.483 e. The van der Waals surface area contributed by atoms with Crippen molar-refractivity contribution in [2.45, 2.75) is 39.2 Å². The van der Waals surface area contributed by atoms with Gasteiger partial charge in [-0.25, -0.2) is 0 Å². The zero-order valence-corrected chi connectivity index (χ0v) is 14.9. The normalized spacial score (nSPS) is 12.8. The smallest absolute Gasteiger partial charge is 0.416 e. The molecule has 0 aromatic heterocycles. The van der Waals surface area contributed by atoms with Crippen LogP contribution in [0.15, 0.2) is 42.5 Å². The van der Waals surface area contributed by atoms with Crippen LogP contribution >= 0.6 is 0 Å². The summed E-state index contributed by atoms with van der Waals surface area (Å²) in [6.45, 7) is 4.86. The molecular weight excluding hydrogens is 374 g/mol. The number of ether oxygens (including phenoxy) is 1. The molecule has 2 aromatic rings.